The number of nitrogens with two attached hydrogens (primary N) is 1. The average molecular weight is 609 g/mol. The molecule has 44 heavy (non-hydrogen) atoms. The van der Waals surface area contributed by atoms with Crippen molar-refractivity contribution in [1.29, 1.82) is 0 Å². The highest BCUT2D eigenvalue weighted by atomic mass is 19.1. The van der Waals surface area contributed by atoms with E-state index in [0.29, 0.717) is 39.6 Å². The van der Waals surface area contributed by atoms with E-state index >= 15 is 8.78 Å². The first-order valence-electron chi connectivity index (χ1n) is 13.5. The minimum absolute atomic E-state index is 0.219. The van der Waals surface area contributed by atoms with Gasteiger partial charge in [0.2, 0.25) is 0 Å². The van der Waals surface area contributed by atoms with Crippen molar-refractivity contribution in [2.75, 3.05) is 36.4 Å². The highest BCUT2D eigenvalue weighted by Crippen LogP contribution is 2.43. The Bertz CT molecular complexity index is 1620. The Morgan fingerprint density at radius 3 is 2.23 bits per heavy atom. The van der Waals surface area contributed by atoms with E-state index < -0.39 is 35.0 Å². The lowest BCUT2D eigenvalue weighted by molar-refractivity contribution is 0.0636. The third-order valence-corrected chi connectivity index (χ3v) is 6.50. The summed E-state index contributed by atoms with van der Waals surface area (Å²) in [6, 6.07) is 8.25. The number of carbonyl (C=O) groups is 2. The number of aromatic nitrogens is 1. The van der Waals surface area contributed by atoms with Crippen molar-refractivity contribution in [3.63, 3.8) is 0 Å². The summed E-state index contributed by atoms with van der Waals surface area (Å²) in [5.74, 6) is -2.76. The van der Waals surface area contributed by atoms with Crippen LogP contribution in [0.15, 0.2) is 53.3 Å². The summed E-state index contributed by atoms with van der Waals surface area (Å²) in [7, 11) is 4.04. The molecule has 0 fully saturated rings. The molecule has 0 spiro atoms. The maximum absolute atomic E-state index is 15.6. The van der Waals surface area contributed by atoms with Gasteiger partial charge in [0.15, 0.2) is 23.1 Å². The van der Waals surface area contributed by atoms with Gasteiger partial charge in [0, 0.05) is 48.0 Å². The van der Waals surface area contributed by atoms with E-state index in [0.717, 1.165) is 11.0 Å². The monoisotopic (exact) mass is 608 g/mol. The number of halogens is 2. The van der Waals surface area contributed by atoms with Gasteiger partial charge in [0.1, 0.15) is 11.3 Å². The van der Waals surface area contributed by atoms with Gasteiger partial charge in [-0.15, -0.1) is 0 Å². The number of hydrogen-bond donors (Lipinski definition) is 2. The molecule has 1 aliphatic heterocycles. The zero-order valence-corrected chi connectivity index (χ0v) is 25.5. The molecule has 0 bridgehead atoms. The summed E-state index contributed by atoms with van der Waals surface area (Å²) in [5.41, 5.74) is 7.79. The van der Waals surface area contributed by atoms with Gasteiger partial charge in [-0.1, -0.05) is 0 Å². The molecule has 0 unspecified atom stereocenters. The van der Waals surface area contributed by atoms with Crippen LogP contribution in [0.3, 0.4) is 0 Å². The fourth-order valence-corrected chi connectivity index (χ4v) is 4.56. The number of ether oxygens (including phenoxy) is 3. The quantitative estimate of drug-likeness (QED) is 0.297. The maximum atomic E-state index is 15.6. The fourth-order valence-electron chi connectivity index (χ4n) is 4.56. The van der Waals surface area contributed by atoms with Crippen molar-refractivity contribution >= 4 is 46.7 Å². The summed E-state index contributed by atoms with van der Waals surface area (Å²) in [6.45, 7) is 6.70. The Morgan fingerprint density at radius 2 is 1.70 bits per heavy atom. The standard InChI is InChI=1S/C31H34F2N6O5/c1-17(34)21(15-35-5)22-12-23-18(14-36-22)16-38(28-26(32)24(42-6)13-25(43-7)27(28)33)30(41)39(23)20-10-8-19(9-11-20)37-29(40)44-31(2,3)4/h8-15H,16,34H2,1-7H3,(H,37,40). The number of fused-ring (bicyclic) bond motifs is 1. The number of anilines is 4. The van der Waals surface area contributed by atoms with E-state index in [1.54, 1.807) is 71.3 Å². The van der Waals surface area contributed by atoms with Crippen molar-refractivity contribution in [3.8, 4) is 11.5 Å². The van der Waals surface area contributed by atoms with Crippen LogP contribution in [0.25, 0.3) is 5.57 Å². The Hall–Kier alpha value is -5.20. The summed E-state index contributed by atoms with van der Waals surface area (Å²) < 4.78 is 46.7. The highest BCUT2D eigenvalue weighted by Gasteiger charge is 2.38. The lowest BCUT2D eigenvalue weighted by Gasteiger charge is -2.37. The largest absolute Gasteiger partial charge is 0.493 e. The van der Waals surface area contributed by atoms with Crippen LogP contribution in [0.4, 0.5) is 41.1 Å². The number of carbonyl (C=O) groups excluding carboxylic acids is 2. The molecule has 0 atom stereocenters. The van der Waals surface area contributed by atoms with Crippen LogP contribution >= 0.6 is 0 Å². The van der Waals surface area contributed by atoms with E-state index in [-0.39, 0.29) is 18.0 Å². The number of pyridine rings is 1. The number of methoxy groups -OCH3 is 2. The normalized spacial score (nSPS) is 13.9. The first-order valence-corrected chi connectivity index (χ1v) is 13.5. The number of aliphatic imine (C=N–C) groups is 1. The molecule has 4 rings (SSSR count). The molecule has 232 valence electrons. The van der Waals surface area contributed by atoms with Crippen molar-refractivity contribution in [1.82, 2.24) is 4.98 Å². The van der Waals surface area contributed by atoms with E-state index in [4.69, 9.17) is 19.9 Å². The minimum Gasteiger partial charge on any atom is -0.493 e. The first kappa shape index (κ1) is 31.7. The molecule has 2 heterocycles. The van der Waals surface area contributed by atoms with Gasteiger partial charge in [-0.05, 0) is 58.0 Å². The number of urea groups is 1. The number of hydrogen-bond acceptors (Lipinski definition) is 8. The second kappa shape index (κ2) is 12.6. The molecule has 0 radical (unpaired) electrons. The van der Waals surface area contributed by atoms with Crippen LogP contribution in [0, 0.1) is 11.6 Å². The minimum atomic E-state index is -1.08. The van der Waals surface area contributed by atoms with Gasteiger partial charge in [-0.25, -0.2) is 18.4 Å². The Labute approximate surface area is 253 Å². The van der Waals surface area contributed by atoms with Gasteiger partial charge in [-0.2, -0.15) is 0 Å². The molecule has 0 saturated heterocycles. The molecule has 1 aromatic heterocycles. The molecule has 11 nitrogen and oxygen atoms in total. The molecule has 3 amide bonds. The molecular weight excluding hydrogens is 574 g/mol. The Balaban J connectivity index is 1.87. The van der Waals surface area contributed by atoms with Gasteiger partial charge in [0.05, 0.1) is 37.8 Å². The topological polar surface area (TPSA) is 132 Å². The fraction of sp³-hybridized carbons (Fsp3) is 0.290. The summed E-state index contributed by atoms with van der Waals surface area (Å²) in [5, 5.41) is 2.64. The summed E-state index contributed by atoms with van der Waals surface area (Å²) >= 11 is 0. The van der Waals surface area contributed by atoms with Crippen LogP contribution < -0.4 is 30.3 Å². The van der Waals surface area contributed by atoms with E-state index in [2.05, 4.69) is 15.3 Å². The number of allylic oxidation sites excluding steroid dienone is 2. The van der Waals surface area contributed by atoms with Gasteiger partial charge >= 0.3 is 12.1 Å². The van der Waals surface area contributed by atoms with Crippen LogP contribution in [-0.4, -0.2) is 50.2 Å². The highest BCUT2D eigenvalue weighted by molar-refractivity contribution is 6.13. The van der Waals surface area contributed by atoms with Crippen molar-refractivity contribution in [2.45, 2.75) is 39.8 Å². The van der Waals surface area contributed by atoms with E-state index in [1.807, 2.05) is 0 Å². The SMILES string of the molecule is CN=CC(=C(C)N)c1cc2c(cn1)CN(c1c(F)c(OC)cc(OC)c1F)C(=O)N2c1ccc(NC(=O)OC(C)(C)C)cc1. The Kier molecular flexibility index (Phi) is 9.07. The van der Waals surface area contributed by atoms with Crippen LogP contribution in [-0.2, 0) is 11.3 Å². The van der Waals surface area contributed by atoms with Gasteiger partial charge < -0.3 is 19.9 Å². The van der Waals surface area contributed by atoms with Crippen LogP contribution in [0.1, 0.15) is 39.0 Å². The average Bonchev–Trinajstić information content (AvgIpc) is 2.95. The number of amides is 3. The molecule has 2 aromatic carbocycles. The van der Waals surface area contributed by atoms with Gasteiger partial charge in [-0.3, -0.25) is 25.1 Å². The maximum Gasteiger partial charge on any atom is 0.412 e. The van der Waals surface area contributed by atoms with E-state index in [9.17, 15) is 9.59 Å². The van der Waals surface area contributed by atoms with Gasteiger partial charge in [0.25, 0.3) is 0 Å². The number of benzene rings is 2. The summed E-state index contributed by atoms with van der Waals surface area (Å²) in [6.07, 6.45) is 2.41. The molecule has 13 heteroatoms. The molecule has 3 N–H and O–H groups in total. The second-order valence-corrected chi connectivity index (χ2v) is 10.8. The summed E-state index contributed by atoms with van der Waals surface area (Å²) in [4.78, 5) is 37.3. The van der Waals surface area contributed by atoms with E-state index in [1.165, 1.54) is 25.3 Å². The zero-order valence-electron chi connectivity index (χ0n) is 25.5. The molecule has 0 aliphatic carbocycles. The third kappa shape index (κ3) is 6.41. The molecule has 1 aliphatic rings. The smallest absolute Gasteiger partial charge is 0.412 e. The molecule has 3 aromatic rings. The van der Waals surface area contributed by atoms with Crippen molar-refractivity contribution in [3.05, 3.63) is 71.2 Å². The van der Waals surface area contributed by atoms with Crippen LogP contribution in [0.2, 0.25) is 0 Å². The lowest BCUT2D eigenvalue weighted by Crippen LogP contribution is -2.46. The first-order chi connectivity index (χ1) is 20.8. The predicted molar refractivity (Wildman–Crippen MR) is 165 cm³/mol. The van der Waals surface area contributed by atoms with Crippen molar-refractivity contribution < 1.29 is 32.6 Å². The zero-order chi connectivity index (χ0) is 32.3. The van der Waals surface area contributed by atoms with Crippen LogP contribution in [0.5, 0.6) is 11.5 Å². The molecule has 0 saturated carbocycles. The molecular formula is C31H34F2N6O5. The second-order valence-electron chi connectivity index (χ2n) is 10.8. The van der Waals surface area contributed by atoms with Crippen molar-refractivity contribution in [2.24, 2.45) is 10.7 Å². The number of rotatable bonds is 7. The number of nitrogens with one attached hydrogen (secondary N) is 1. The number of nitrogens with zero attached hydrogens (tertiary/aromatic N) is 4. The Morgan fingerprint density at radius 1 is 1.09 bits per heavy atom. The predicted octanol–water partition coefficient (Wildman–Crippen LogP) is 6.39. The lowest BCUT2D eigenvalue weighted by atomic mass is 10.0. The third-order valence-electron chi connectivity index (χ3n) is 6.50.